The quantitative estimate of drug-likeness (QED) is 0.477. The van der Waals surface area contributed by atoms with Gasteiger partial charge in [-0.25, -0.2) is 4.98 Å². The molecule has 0 saturated carbocycles. The van der Waals surface area contributed by atoms with Crippen LogP contribution in [0.3, 0.4) is 0 Å². The summed E-state index contributed by atoms with van der Waals surface area (Å²) >= 11 is 0. The number of rotatable bonds is 1. The Balaban J connectivity index is 1.96. The molecule has 0 aliphatic heterocycles. The topological polar surface area (TPSA) is 33.6 Å². The van der Waals surface area contributed by atoms with Gasteiger partial charge in [0.15, 0.2) is 0 Å². The number of pyridine rings is 1. The second kappa shape index (κ2) is 4.21. The molecule has 0 atom stereocenters. The van der Waals surface area contributed by atoms with Crippen LogP contribution in [0.5, 0.6) is 0 Å². The fourth-order valence-corrected chi connectivity index (χ4v) is 3.22. The summed E-state index contributed by atoms with van der Waals surface area (Å²) in [4.78, 5) is 8.11. The second-order valence-electron chi connectivity index (χ2n) is 5.47. The lowest BCUT2D eigenvalue weighted by atomic mass is 10.2. The van der Waals surface area contributed by atoms with Crippen LogP contribution < -0.4 is 0 Å². The standard InChI is InChI=1S/C19H13N3/c1-3-9-16-13(6-1)12-18(21-16)22-17-10-4-2-7-14(17)15-8-5-11-20-19(15)22/h1-12,21H. The number of benzene rings is 2. The highest BCUT2D eigenvalue weighted by atomic mass is 15.1. The lowest BCUT2D eigenvalue weighted by Crippen LogP contribution is -1.94. The van der Waals surface area contributed by atoms with Gasteiger partial charge in [-0.3, -0.25) is 4.57 Å². The van der Waals surface area contributed by atoms with E-state index < -0.39 is 0 Å². The van der Waals surface area contributed by atoms with Gasteiger partial charge in [0.1, 0.15) is 11.5 Å². The van der Waals surface area contributed by atoms with Crippen molar-refractivity contribution in [3.05, 3.63) is 72.9 Å². The van der Waals surface area contributed by atoms with Crippen molar-refractivity contribution in [3.8, 4) is 5.82 Å². The Bertz CT molecular complexity index is 1040. The van der Waals surface area contributed by atoms with Gasteiger partial charge in [0.25, 0.3) is 0 Å². The van der Waals surface area contributed by atoms with Gasteiger partial charge in [-0.2, -0.15) is 0 Å². The molecule has 0 aliphatic rings. The zero-order valence-electron chi connectivity index (χ0n) is 11.8. The number of aromatic nitrogens is 3. The number of H-pyrrole nitrogens is 1. The molecular weight excluding hydrogens is 270 g/mol. The van der Waals surface area contributed by atoms with Gasteiger partial charge in [0.2, 0.25) is 0 Å². The van der Waals surface area contributed by atoms with Gasteiger partial charge in [-0.05, 0) is 30.3 Å². The summed E-state index contributed by atoms with van der Waals surface area (Å²) in [5.74, 6) is 1.05. The maximum Gasteiger partial charge on any atom is 0.146 e. The van der Waals surface area contributed by atoms with Crippen molar-refractivity contribution in [2.24, 2.45) is 0 Å². The van der Waals surface area contributed by atoms with Crippen LogP contribution in [-0.2, 0) is 0 Å². The van der Waals surface area contributed by atoms with Crippen molar-refractivity contribution in [1.29, 1.82) is 0 Å². The third-order valence-corrected chi connectivity index (χ3v) is 4.19. The fourth-order valence-electron chi connectivity index (χ4n) is 3.22. The fraction of sp³-hybridized carbons (Fsp3) is 0. The lowest BCUT2D eigenvalue weighted by Gasteiger charge is -2.03. The Labute approximate surface area is 126 Å². The molecule has 22 heavy (non-hydrogen) atoms. The first-order valence-electron chi connectivity index (χ1n) is 7.34. The summed E-state index contributed by atoms with van der Waals surface area (Å²) in [6.45, 7) is 0. The average molecular weight is 283 g/mol. The molecule has 0 bridgehead atoms. The number of para-hydroxylation sites is 2. The molecule has 0 unspecified atom stereocenters. The largest absolute Gasteiger partial charge is 0.341 e. The lowest BCUT2D eigenvalue weighted by molar-refractivity contribution is 1.09. The maximum atomic E-state index is 4.61. The Morgan fingerprint density at radius 1 is 0.818 bits per heavy atom. The van der Waals surface area contributed by atoms with Gasteiger partial charge in [-0.15, -0.1) is 0 Å². The third-order valence-electron chi connectivity index (χ3n) is 4.19. The number of aromatic amines is 1. The van der Waals surface area contributed by atoms with Crippen LogP contribution in [0.1, 0.15) is 0 Å². The first-order valence-corrected chi connectivity index (χ1v) is 7.34. The molecule has 0 spiro atoms. The third kappa shape index (κ3) is 1.48. The zero-order valence-corrected chi connectivity index (χ0v) is 11.8. The Kier molecular flexibility index (Phi) is 2.22. The van der Waals surface area contributed by atoms with E-state index in [0.717, 1.165) is 17.0 Å². The van der Waals surface area contributed by atoms with Crippen molar-refractivity contribution in [1.82, 2.24) is 14.5 Å². The molecular formula is C19H13N3. The SMILES string of the molecule is c1ccc2[nH]c(-n3c4ccccc4c4cccnc43)cc2c1. The highest BCUT2D eigenvalue weighted by molar-refractivity contribution is 6.07. The van der Waals surface area contributed by atoms with E-state index in [1.54, 1.807) is 0 Å². The minimum absolute atomic E-state index is 0.982. The van der Waals surface area contributed by atoms with E-state index in [1.807, 2.05) is 18.3 Å². The van der Waals surface area contributed by atoms with Crippen LogP contribution >= 0.6 is 0 Å². The number of hydrogen-bond donors (Lipinski definition) is 1. The van der Waals surface area contributed by atoms with Gasteiger partial charge < -0.3 is 4.98 Å². The van der Waals surface area contributed by atoms with Gasteiger partial charge in [0, 0.05) is 27.9 Å². The molecule has 0 amide bonds. The van der Waals surface area contributed by atoms with Crippen LogP contribution in [0.2, 0.25) is 0 Å². The smallest absolute Gasteiger partial charge is 0.146 e. The predicted molar refractivity (Wildman–Crippen MR) is 90.4 cm³/mol. The molecule has 0 fully saturated rings. The first kappa shape index (κ1) is 11.6. The summed E-state index contributed by atoms with van der Waals surface area (Å²) < 4.78 is 2.20. The van der Waals surface area contributed by atoms with E-state index in [1.165, 1.54) is 21.7 Å². The molecule has 3 nitrogen and oxygen atoms in total. The van der Waals surface area contributed by atoms with Crippen molar-refractivity contribution in [2.45, 2.75) is 0 Å². The van der Waals surface area contributed by atoms with Crippen LogP contribution in [0.4, 0.5) is 0 Å². The predicted octanol–water partition coefficient (Wildman–Crippen LogP) is 4.66. The highest BCUT2D eigenvalue weighted by Gasteiger charge is 2.13. The molecule has 1 N–H and O–H groups in total. The Morgan fingerprint density at radius 3 is 2.59 bits per heavy atom. The molecule has 5 rings (SSSR count). The van der Waals surface area contributed by atoms with Crippen molar-refractivity contribution in [2.75, 3.05) is 0 Å². The van der Waals surface area contributed by atoms with Crippen LogP contribution in [0, 0.1) is 0 Å². The maximum absolute atomic E-state index is 4.61. The summed E-state index contributed by atoms with van der Waals surface area (Å²) in [7, 11) is 0. The van der Waals surface area contributed by atoms with E-state index in [2.05, 4.69) is 69.1 Å². The molecule has 104 valence electrons. The molecule has 2 aromatic carbocycles. The molecule has 3 heteroatoms. The summed E-state index contributed by atoms with van der Waals surface area (Å²) in [5.41, 5.74) is 3.29. The normalized spacial score (nSPS) is 11.6. The molecule has 0 radical (unpaired) electrons. The van der Waals surface area contributed by atoms with E-state index in [-0.39, 0.29) is 0 Å². The van der Waals surface area contributed by atoms with E-state index in [0.29, 0.717) is 0 Å². The molecule has 3 aromatic heterocycles. The summed E-state index contributed by atoms with van der Waals surface area (Å²) in [5, 5.41) is 3.61. The Hall–Kier alpha value is -3.07. The number of nitrogens with one attached hydrogen (secondary N) is 1. The van der Waals surface area contributed by atoms with Gasteiger partial charge >= 0.3 is 0 Å². The highest BCUT2D eigenvalue weighted by Crippen LogP contribution is 2.31. The van der Waals surface area contributed by atoms with E-state index in [9.17, 15) is 0 Å². The molecule has 5 aromatic rings. The Morgan fingerprint density at radius 2 is 1.64 bits per heavy atom. The second-order valence-corrected chi connectivity index (χ2v) is 5.47. The molecule has 0 aliphatic carbocycles. The average Bonchev–Trinajstić information content (AvgIpc) is 3.13. The number of fused-ring (bicyclic) bond motifs is 4. The number of nitrogens with zero attached hydrogens (tertiary/aromatic N) is 2. The van der Waals surface area contributed by atoms with Crippen molar-refractivity contribution in [3.63, 3.8) is 0 Å². The minimum Gasteiger partial charge on any atom is -0.341 e. The molecule has 3 heterocycles. The summed E-state index contributed by atoms with van der Waals surface area (Å²) in [6.07, 6.45) is 1.85. The first-order chi connectivity index (χ1) is 10.9. The van der Waals surface area contributed by atoms with E-state index in [4.69, 9.17) is 0 Å². The number of hydrogen-bond acceptors (Lipinski definition) is 1. The monoisotopic (exact) mass is 283 g/mol. The minimum atomic E-state index is 0.982. The zero-order chi connectivity index (χ0) is 14.5. The van der Waals surface area contributed by atoms with Gasteiger partial charge in [0.05, 0.1) is 5.52 Å². The van der Waals surface area contributed by atoms with Crippen molar-refractivity contribution >= 4 is 32.8 Å². The summed E-state index contributed by atoms with van der Waals surface area (Å²) in [6, 6.07) is 23.1. The van der Waals surface area contributed by atoms with Crippen molar-refractivity contribution < 1.29 is 0 Å². The van der Waals surface area contributed by atoms with E-state index >= 15 is 0 Å². The van der Waals surface area contributed by atoms with Gasteiger partial charge in [-0.1, -0.05) is 36.4 Å². The van der Waals surface area contributed by atoms with Crippen LogP contribution in [0.25, 0.3) is 38.7 Å². The molecule has 0 saturated heterocycles. The van der Waals surface area contributed by atoms with Crippen LogP contribution in [0.15, 0.2) is 72.9 Å². The van der Waals surface area contributed by atoms with Crippen LogP contribution in [-0.4, -0.2) is 14.5 Å².